The molecule has 1 aliphatic heterocycles. The normalized spacial score (nSPS) is 15.6. The van der Waals surface area contributed by atoms with Crippen molar-refractivity contribution in [2.24, 2.45) is 0 Å². The third-order valence-corrected chi connectivity index (χ3v) is 3.67. The van der Waals surface area contributed by atoms with Crippen molar-refractivity contribution in [2.75, 3.05) is 36.1 Å². The van der Waals surface area contributed by atoms with Gasteiger partial charge < -0.3 is 9.64 Å². The van der Waals surface area contributed by atoms with Gasteiger partial charge in [-0.15, -0.1) is 0 Å². The van der Waals surface area contributed by atoms with Gasteiger partial charge in [-0.25, -0.2) is 9.78 Å². The Hall–Kier alpha value is -1.01. The molecule has 0 bridgehead atoms. The maximum Gasteiger partial charge on any atom is 0.343 e. The minimum atomic E-state index is -0.401. The van der Waals surface area contributed by atoms with Gasteiger partial charge in [-0.1, -0.05) is 0 Å². The van der Waals surface area contributed by atoms with Crippen LogP contribution in [0.1, 0.15) is 17.3 Å². The van der Waals surface area contributed by atoms with Gasteiger partial charge in [-0.3, -0.25) is 0 Å². The second-order valence-electron chi connectivity index (χ2n) is 3.70. The zero-order valence-corrected chi connectivity index (χ0v) is 11.6. The maximum atomic E-state index is 11.8. The van der Waals surface area contributed by atoms with Crippen LogP contribution in [-0.2, 0) is 4.74 Å². The van der Waals surface area contributed by atoms with Gasteiger partial charge in [0.15, 0.2) is 0 Å². The molecule has 0 aromatic carbocycles. The van der Waals surface area contributed by atoms with Crippen LogP contribution in [0.5, 0.6) is 0 Å². The fraction of sp³-hybridized carbons (Fsp3) is 0.545. The summed E-state index contributed by atoms with van der Waals surface area (Å²) in [5.41, 5.74) is 0.383. The van der Waals surface area contributed by atoms with Crippen LogP contribution >= 0.6 is 23.4 Å². The van der Waals surface area contributed by atoms with E-state index in [4.69, 9.17) is 16.3 Å². The van der Waals surface area contributed by atoms with Gasteiger partial charge in [-0.2, -0.15) is 16.7 Å². The number of ether oxygens (including phenoxy) is 1. The van der Waals surface area contributed by atoms with Crippen LogP contribution in [0.4, 0.5) is 5.82 Å². The third kappa shape index (κ3) is 3.05. The molecule has 1 aliphatic rings. The van der Waals surface area contributed by atoms with E-state index in [9.17, 15) is 4.79 Å². The summed E-state index contributed by atoms with van der Waals surface area (Å²) in [7, 11) is 0. The molecule has 2 heterocycles. The van der Waals surface area contributed by atoms with E-state index in [2.05, 4.69) is 14.9 Å². The first-order valence-electron chi connectivity index (χ1n) is 5.74. The van der Waals surface area contributed by atoms with Gasteiger partial charge in [0.2, 0.25) is 5.28 Å². The highest BCUT2D eigenvalue weighted by atomic mass is 35.5. The number of hydrogen-bond donors (Lipinski definition) is 0. The summed E-state index contributed by atoms with van der Waals surface area (Å²) < 4.78 is 5.01. The van der Waals surface area contributed by atoms with Crippen molar-refractivity contribution in [3.05, 3.63) is 17.0 Å². The Balaban J connectivity index is 2.30. The summed E-state index contributed by atoms with van der Waals surface area (Å²) in [5, 5.41) is 0.149. The van der Waals surface area contributed by atoms with Crippen molar-refractivity contribution in [2.45, 2.75) is 6.92 Å². The quantitative estimate of drug-likeness (QED) is 0.625. The number of esters is 1. The summed E-state index contributed by atoms with van der Waals surface area (Å²) in [6.45, 7) is 3.80. The predicted octanol–water partition coefficient (Wildman–Crippen LogP) is 1.86. The molecule has 0 amide bonds. The molecule has 1 aromatic rings. The van der Waals surface area contributed by atoms with E-state index in [1.54, 1.807) is 6.92 Å². The smallest absolute Gasteiger partial charge is 0.343 e. The van der Waals surface area contributed by atoms with E-state index in [0.717, 1.165) is 24.6 Å². The fourth-order valence-corrected chi connectivity index (χ4v) is 2.75. The van der Waals surface area contributed by atoms with Crippen molar-refractivity contribution in [3.8, 4) is 0 Å². The highest BCUT2D eigenvalue weighted by molar-refractivity contribution is 7.99. The molecule has 2 rings (SSSR count). The van der Waals surface area contributed by atoms with Crippen molar-refractivity contribution in [1.82, 2.24) is 9.97 Å². The topological polar surface area (TPSA) is 55.3 Å². The lowest BCUT2D eigenvalue weighted by Crippen LogP contribution is -2.34. The standard InChI is InChI=1S/C11H14ClN3O2S/c1-2-17-10(16)8-7-13-11(12)14-9(8)15-3-5-18-6-4-15/h7H,2-6H2,1H3. The number of halogens is 1. The molecule has 0 aliphatic carbocycles. The van der Waals surface area contributed by atoms with Gasteiger partial charge in [-0.05, 0) is 18.5 Å². The van der Waals surface area contributed by atoms with Crippen molar-refractivity contribution in [1.29, 1.82) is 0 Å². The Kier molecular flexibility index (Phi) is 4.66. The molecule has 0 saturated carbocycles. The average molecular weight is 288 g/mol. The van der Waals surface area contributed by atoms with E-state index in [1.165, 1.54) is 6.20 Å². The van der Waals surface area contributed by atoms with Gasteiger partial charge in [0.25, 0.3) is 0 Å². The van der Waals surface area contributed by atoms with Gasteiger partial charge in [0.05, 0.1) is 6.61 Å². The van der Waals surface area contributed by atoms with Crippen molar-refractivity contribution in [3.63, 3.8) is 0 Å². The molecule has 0 unspecified atom stereocenters. The van der Waals surface area contributed by atoms with Crippen molar-refractivity contribution >= 4 is 35.1 Å². The number of nitrogens with zero attached hydrogens (tertiary/aromatic N) is 3. The van der Waals surface area contributed by atoms with Gasteiger partial charge in [0.1, 0.15) is 11.4 Å². The van der Waals surface area contributed by atoms with E-state index in [0.29, 0.717) is 18.0 Å². The Labute approximate surface area is 115 Å². The largest absolute Gasteiger partial charge is 0.462 e. The lowest BCUT2D eigenvalue weighted by molar-refractivity contribution is 0.0526. The highest BCUT2D eigenvalue weighted by Gasteiger charge is 2.22. The Bertz CT molecular complexity index is 438. The van der Waals surface area contributed by atoms with Crippen LogP contribution < -0.4 is 4.90 Å². The molecule has 0 spiro atoms. The molecule has 0 atom stereocenters. The Morgan fingerprint density at radius 2 is 2.28 bits per heavy atom. The summed E-state index contributed by atoms with van der Waals surface area (Å²) in [6.07, 6.45) is 1.43. The Morgan fingerprint density at radius 3 is 2.94 bits per heavy atom. The first kappa shape index (κ1) is 13.4. The Morgan fingerprint density at radius 1 is 1.56 bits per heavy atom. The van der Waals surface area contributed by atoms with E-state index < -0.39 is 5.97 Å². The SMILES string of the molecule is CCOC(=O)c1cnc(Cl)nc1N1CCSCC1. The molecule has 1 fully saturated rings. The van der Waals surface area contributed by atoms with Crippen LogP contribution in [0.25, 0.3) is 0 Å². The molecule has 18 heavy (non-hydrogen) atoms. The number of aromatic nitrogens is 2. The molecular weight excluding hydrogens is 274 g/mol. The maximum absolute atomic E-state index is 11.8. The average Bonchev–Trinajstić information content (AvgIpc) is 2.40. The number of carbonyl (C=O) groups is 1. The van der Waals surface area contributed by atoms with Gasteiger partial charge in [0, 0.05) is 30.8 Å². The van der Waals surface area contributed by atoms with Crippen LogP contribution in [0.3, 0.4) is 0 Å². The number of thioether (sulfide) groups is 1. The lowest BCUT2D eigenvalue weighted by Gasteiger charge is -2.28. The number of rotatable bonds is 3. The molecule has 0 radical (unpaired) electrons. The number of hydrogen-bond acceptors (Lipinski definition) is 6. The van der Waals surface area contributed by atoms with Crippen LogP contribution in [0, 0.1) is 0 Å². The molecular formula is C11H14ClN3O2S. The zero-order chi connectivity index (χ0) is 13.0. The van der Waals surface area contributed by atoms with E-state index in [1.807, 2.05) is 11.8 Å². The molecule has 7 heteroatoms. The van der Waals surface area contributed by atoms with Gasteiger partial charge >= 0.3 is 5.97 Å². The summed E-state index contributed by atoms with van der Waals surface area (Å²) in [4.78, 5) is 21.9. The second-order valence-corrected chi connectivity index (χ2v) is 5.26. The minimum Gasteiger partial charge on any atom is -0.462 e. The van der Waals surface area contributed by atoms with Crippen LogP contribution in [0.15, 0.2) is 6.20 Å². The van der Waals surface area contributed by atoms with Crippen molar-refractivity contribution < 1.29 is 9.53 Å². The fourth-order valence-electron chi connectivity index (χ4n) is 1.72. The third-order valence-electron chi connectivity index (χ3n) is 2.55. The van der Waals surface area contributed by atoms with Crippen LogP contribution in [0.2, 0.25) is 5.28 Å². The molecule has 0 N–H and O–H groups in total. The molecule has 1 saturated heterocycles. The minimum absolute atomic E-state index is 0.149. The van der Waals surface area contributed by atoms with E-state index >= 15 is 0 Å². The summed E-state index contributed by atoms with van der Waals surface area (Å²) in [5.74, 6) is 2.21. The predicted molar refractivity (Wildman–Crippen MR) is 72.5 cm³/mol. The monoisotopic (exact) mass is 287 g/mol. The highest BCUT2D eigenvalue weighted by Crippen LogP contribution is 2.23. The molecule has 1 aromatic heterocycles. The second kappa shape index (κ2) is 6.24. The number of anilines is 1. The number of carbonyl (C=O) groups excluding carboxylic acids is 1. The first-order valence-corrected chi connectivity index (χ1v) is 7.28. The molecule has 98 valence electrons. The van der Waals surface area contributed by atoms with E-state index in [-0.39, 0.29) is 5.28 Å². The zero-order valence-electron chi connectivity index (χ0n) is 10.1. The van der Waals surface area contributed by atoms with Crippen LogP contribution in [-0.4, -0.2) is 47.1 Å². The first-order chi connectivity index (χ1) is 8.72. The summed E-state index contributed by atoms with van der Waals surface area (Å²) >= 11 is 7.70. The molecule has 5 nitrogen and oxygen atoms in total. The summed E-state index contributed by atoms with van der Waals surface area (Å²) in [6, 6.07) is 0. The lowest BCUT2D eigenvalue weighted by atomic mass is 10.3.